The third-order valence-electron chi connectivity index (χ3n) is 2.96. The van der Waals surface area contributed by atoms with E-state index in [-0.39, 0.29) is 11.3 Å². The van der Waals surface area contributed by atoms with Crippen molar-refractivity contribution in [2.45, 2.75) is 6.92 Å². The molecule has 0 saturated heterocycles. The fourth-order valence-electron chi connectivity index (χ4n) is 1.95. The van der Waals surface area contributed by atoms with Crippen LogP contribution in [0.15, 0.2) is 29.8 Å². The van der Waals surface area contributed by atoms with Crippen LogP contribution in [0, 0.1) is 17.1 Å². The minimum absolute atomic E-state index is 0.0241. The van der Waals surface area contributed by atoms with Gasteiger partial charge in [-0.05, 0) is 25.1 Å². The largest absolute Gasteiger partial charge is 0.327 e. The Labute approximate surface area is 131 Å². The molecule has 0 fully saturated rings. The number of carbonyl (C=O) groups excluding carboxylic acids is 1. The zero-order valence-corrected chi connectivity index (χ0v) is 13.1. The average Bonchev–Trinajstić information content (AvgIpc) is 2.77. The summed E-state index contributed by atoms with van der Waals surface area (Å²) in [6.45, 7) is 1.61. The maximum atomic E-state index is 13.9. The number of thiol groups is 1. The quantitative estimate of drug-likeness (QED) is 0.295. The highest BCUT2D eigenvalue weighted by Crippen LogP contribution is 2.29. The van der Waals surface area contributed by atoms with Crippen molar-refractivity contribution < 1.29 is 9.18 Å². The first-order valence-corrected chi connectivity index (χ1v) is 7.60. The smallest absolute Gasteiger partial charge is 0.220 e. The van der Waals surface area contributed by atoms with Crippen LogP contribution in [-0.4, -0.2) is 16.0 Å². The summed E-state index contributed by atoms with van der Waals surface area (Å²) < 4.78 is 18.1. The number of anilines is 1. The van der Waals surface area contributed by atoms with Gasteiger partial charge < -0.3 is 4.72 Å². The Bertz CT molecular complexity index is 790. The zero-order chi connectivity index (χ0) is 15.6. The maximum absolute atomic E-state index is 13.9. The lowest BCUT2D eigenvalue weighted by Gasteiger charge is -2.05. The Kier molecular flexibility index (Phi) is 4.60. The molecule has 1 aromatic heterocycles. The molecule has 2 aromatic rings. The van der Waals surface area contributed by atoms with Crippen molar-refractivity contribution in [2.75, 3.05) is 11.0 Å². The number of rotatable bonds is 4. The molecule has 0 unspecified atom stereocenters. The van der Waals surface area contributed by atoms with E-state index in [9.17, 15) is 9.18 Å². The first-order valence-electron chi connectivity index (χ1n) is 5.97. The molecule has 4 nitrogen and oxygen atoms in total. The van der Waals surface area contributed by atoms with E-state index < -0.39 is 11.6 Å². The monoisotopic (exact) mass is 321 g/mol. The van der Waals surface area contributed by atoms with Crippen LogP contribution in [0.2, 0.25) is 0 Å². The van der Waals surface area contributed by atoms with E-state index in [1.165, 1.54) is 34.1 Å². The summed E-state index contributed by atoms with van der Waals surface area (Å²) in [5.41, 5.74) is 1.15. The molecule has 21 heavy (non-hydrogen) atoms. The third-order valence-corrected chi connectivity index (χ3v) is 3.82. The number of nitriles is 1. The second kappa shape index (κ2) is 6.24. The second-order valence-electron chi connectivity index (χ2n) is 4.18. The van der Waals surface area contributed by atoms with E-state index in [0.29, 0.717) is 16.6 Å². The van der Waals surface area contributed by atoms with Crippen LogP contribution in [0.4, 0.5) is 10.1 Å². The van der Waals surface area contributed by atoms with Crippen LogP contribution in [0.5, 0.6) is 0 Å². The fraction of sp³-hybridized carbons (Fsp3) is 0.143. The van der Waals surface area contributed by atoms with Crippen LogP contribution in [-0.2, 0) is 0 Å². The van der Waals surface area contributed by atoms with Crippen LogP contribution >= 0.6 is 24.8 Å². The summed E-state index contributed by atoms with van der Waals surface area (Å²) in [5.74, 6) is -0.854. The van der Waals surface area contributed by atoms with Gasteiger partial charge in [0.15, 0.2) is 0 Å². The number of hydrogen-bond donors (Lipinski definition) is 2. The SMILES string of the molecule is C/C=C(\C#N)C(=O)c1cc2cc(F)c(NSC)cc2n1S. The molecule has 0 atom stereocenters. The van der Waals surface area contributed by atoms with Gasteiger partial charge in [0.25, 0.3) is 0 Å². The summed E-state index contributed by atoms with van der Waals surface area (Å²) in [4.78, 5) is 12.2. The van der Waals surface area contributed by atoms with Gasteiger partial charge >= 0.3 is 0 Å². The van der Waals surface area contributed by atoms with Crippen molar-refractivity contribution in [2.24, 2.45) is 0 Å². The Hall–Kier alpha value is -1.91. The van der Waals surface area contributed by atoms with Crippen molar-refractivity contribution >= 4 is 47.1 Å². The molecule has 0 aliphatic carbocycles. The predicted octanol–water partition coefficient (Wildman–Crippen LogP) is 3.82. The van der Waals surface area contributed by atoms with Crippen LogP contribution in [0.25, 0.3) is 10.9 Å². The summed E-state index contributed by atoms with van der Waals surface area (Å²) in [6.07, 6.45) is 3.22. The molecule has 7 heteroatoms. The van der Waals surface area contributed by atoms with Gasteiger partial charge in [0.1, 0.15) is 17.6 Å². The molecular weight excluding hydrogens is 309 g/mol. The molecule has 0 radical (unpaired) electrons. The normalized spacial score (nSPS) is 11.5. The van der Waals surface area contributed by atoms with Gasteiger partial charge in [0.2, 0.25) is 5.78 Å². The molecule has 0 amide bonds. The number of allylic oxidation sites excluding steroid dienone is 2. The minimum Gasteiger partial charge on any atom is -0.327 e. The van der Waals surface area contributed by atoms with E-state index in [2.05, 4.69) is 17.5 Å². The van der Waals surface area contributed by atoms with Crippen molar-refractivity contribution in [3.8, 4) is 6.07 Å². The molecule has 2 rings (SSSR count). The number of aromatic nitrogens is 1. The number of benzene rings is 1. The van der Waals surface area contributed by atoms with Gasteiger partial charge in [-0.25, -0.2) is 4.39 Å². The van der Waals surface area contributed by atoms with Crippen LogP contribution in [0.1, 0.15) is 17.4 Å². The number of halogens is 1. The first kappa shape index (κ1) is 15.5. The van der Waals surface area contributed by atoms with E-state index in [4.69, 9.17) is 5.26 Å². The van der Waals surface area contributed by atoms with Crippen molar-refractivity contribution in [3.05, 3.63) is 41.4 Å². The lowest BCUT2D eigenvalue weighted by Crippen LogP contribution is -2.05. The zero-order valence-electron chi connectivity index (χ0n) is 11.3. The standard InChI is InChI=1S/C14H12FN3OS2/c1-3-8(7-16)14(19)13-5-9-4-10(15)11(17-21-2)6-12(9)18(13)20/h3-6,17,20H,1-2H3/b8-3+. The molecule has 0 saturated carbocycles. The Morgan fingerprint density at radius 2 is 2.24 bits per heavy atom. The average molecular weight is 321 g/mol. The van der Waals surface area contributed by atoms with E-state index in [0.717, 1.165) is 0 Å². The van der Waals surface area contributed by atoms with Gasteiger partial charge in [-0.3, -0.25) is 8.77 Å². The topological polar surface area (TPSA) is 57.8 Å². The lowest BCUT2D eigenvalue weighted by atomic mass is 10.1. The van der Waals surface area contributed by atoms with Gasteiger partial charge in [-0.2, -0.15) is 5.26 Å². The minimum atomic E-state index is -0.439. The number of Topliss-reactive ketones (excluding diaryl/α,β-unsaturated/α-hetero) is 1. The molecule has 1 heterocycles. The Balaban J connectivity index is 2.62. The molecule has 0 aliphatic heterocycles. The highest BCUT2D eigenvalue weighted by molar-refractivity contribution is 7.99. The number of nitrogens with one attached hydrogen (secondary N) is 1. The number of carbonyl (C=O) groups is 1. The Morgan fingerprint density at radius 1 is 1.52 bits per heavy atom. The molecular formula is C14H12FN3OS2. The highest BCUT2D eigenvalue weighted by Gasteiger charge is 2.19. The summed E-state index contributed by atoms with van der Waals surface area (Å²) in [5, 5.41) is 9.48. The van der Waals surface area contributed by atoms with Gasteiger partial charge in [0.05, 0.1) is 16.8 Å². The van der Waals surface area contributed by atoms with E-state index >= 15 is 0 Å². The molecule has 0 spiro atoms. The molecule has 0 bridgehead atoms. The predicted molar refractivity (Wildman–Crippen MR) is 87.1 cm³/mol. The molecule has 1 aromatic carbocycles. The third kappa shape index (κ3) is 2.77. The molecule has 1 N–H and O–H groups in total. The van der Waals surface area contributed by atoms with Gasteiger partial charge in [0, 0.05) is 11.6 Å². The van der Waals surface area contributed by atoms with Gasteiger partial charge in [-0.15, -0.1) is 0 Å². The fourth-order valence-corrected chi connectivity index (χ4v) is 2.65. The summed E-state index contributed by atoms with van der Waals surface area (Å²) >= 11 is 5.54. The Morgan fingerprint density at radius 3 is 2.81 bits per heavy atom. The maximum Gasteiger partial charge on any atom is 0.220 e. The number of hydrogen-bond acceptors (Lipinski definition) is 5. The van der Waals surface area contributed by atoms with Crippen molar-refractivity contribution in [1.29, 1.82) is 5.26 Å². The highest BCUT2D eigenvalue weighted by atomic mass is 32.2. The molecule has 108 valence electrons. The van der Waals surface area contributed by atoms with E-state index in [1.807, 2.05) is 6.07 Å². The van der Waals surface area contributed by atoms with Gasteiger partial charge in [-0.1, -0.05) is 30.8 Å². The molecule has 0 aliphatic rings. The van der Waals surface area contributed by atoms with Crippen molar-refractivity contribution in [3.63, 3.8) is 0 Å². The number of ketones is 1. The lowest BCUT2D eigenvalue weighted by molar-refractivity contribution is 0.103. The van der Waals surface area contributed by atoms with Crippen molar-refractivity contribution in [1.82, 2.24) is 3.97 Å². The van der Waals surface area contributed by atoms with Crippen LogP contribution < -0.4 is 4.72 Å². The number of fused-ring (bicyclic) bond motifs is 1. The summed E-state index contributed by atoms with van der Waals surface area (Å²) in [7, 11) is 0. The van der Waals surface area contributed by atoms with E-state index in [1.54, 1.807) is 19.2 Å². The first-order chi connectivity index (χ1) is 10.0. The summed E-state index contributed by atoms with van der Waals surface area (Å²) in [6, 6.07) is 6.27. The number of nitrogens with zero attached hydrogens (tertiary/aromatic N) is 2. The second-order valence-corrected chi connectivity index (χ2v) is 5.19. The van der Waals surface area contributed by atoms with Crippen LogP contribution in [0.3, 0.4) is 0 Å².